The van der Waals surface area contributed by atoms with Crippen molar-refractivity contribution in [2.45, 2.75) is 39.5 Å². The van der Waals surface area contributed by atoms with Crippen molar-refractivity contribution >= 4 is 46.4 Å². The molecule has 1 N–H and O–H groups in total. The maximum Gasteiger partial charge on any atom is 0.227 e. The van der Waals surface area contributed by atoms with Crippen LogP contribution >= 0.6 is 34.8 Å². The summed E-state index contributed by atoms with van der Waals surface area (Å²) >= 11 is 17.9. The van der Waals surface area contributed by atoms with E-state index in [2.05, 4.69) is 12.2 Å². The molecule has 0 aliphatic carbocycles. The Labute approximate surface area is 129 Å². The number of hydrogen-bond donors (Lipinski definition) is 1. The third-order valence-corrected chi connectivity index (χ3v) is 3.84. The van der Waals surface area contributed by atoms with Crippen LogP contribution in [0.5, 0.6) is 0 Å². The molecular weight excluding hydrogens is 305 g/mol. The molecule has 1 amide bonds. The zero-order chi connectivity index (χ0) is 14.4. The van der Waals surface area contributed by atoms with Gasteiger partial charge in [-0.3, -0.25) is 4.79 Å². The van der Waals surface area contributed by atoms with E-state index in [0.29, 0.717) is 20.8 Å². The molecule has 0 saturated carbocycles. The first-order valence-electron chi connectivity index (χ1n) is 6.45. The molecular formula is C14H18Cl3NO. The summed E-state index contributed by atoms with van der Waals surface area (Å²) in [6.45, 7) is 4.11. The first-order valence-corrected chi connectivity index (χ1v) is 7.58. The SMILES string of the molecule is CCCC[C@H](CC)C(=O)Nc1c(Cl)cc(Cl)cc1Cl. The molecule has 0 aliphatic heterocycles. The Bertz CT molecular complexity index is 425. The Morgan fingerprint density at radius 1 is 1.21 bits per heavy atom. The van der Waals surface area contributed by atoms with Crippen LogP contribution in [0.4, 0.5) is 5.69 Å². The lowest BCUT2D eigenvalue weighted by molar-refractivity contribution is -0.120. The Kier molecular flexibility index (Phi) is 6.98. The molecule has 19 heavy (non-hydrogen) atoms. The van der Waals surface area contributed by atoms with E-state index < -0.39 is 0 Å². The third kappa shape index (κ3) is 4.87. The highest BCUT2D eigenvalue weighted by Crippen LogP contribution is 2.34. The van der Waals surface area contributed by atoms with Gasteiger partial charge in [0.25, 0.3) is 0 Å². The molecule has 0 spiro atoms. The lowest BCUT2D eigenvalue weighted by Crippen LogP contribution is -2.22. The van der Waals surface area contributed by atoms with Crippen LogP contribution in [-0.4, -0.2) is 5.91 Å². The van der Waals surface area contributed by atoms with Crippen LogP contribution in [0.2, 0.25) is 15.1 Å². The molecule has 0 heterocycles. The second-order valence-electron chi connectivity index (χ2n) is 4.48. The van der Waals surface area contributed by atoms with Gasteiger partial charge in [-0.15, -0.1) is 0 Å². The van der Waals surface area contributed by atoms with Gasteiger partial charge in [0.05, 0.1) is 15.7 Å². The molecule has 1 rings (SSSR count). The molecule has 0 aromatic heterocycles. The van der Waals surface area contributed by atoms with Gasteiger partial charge in [0.15, 0.2) is 0 Å². The van der Waals surface area contributed by atoms with Gasteiger partial charge in [-0.05, 0) is 25.0 Å². The van der Waals surface area contributed by atoms with E-state index in [0.717, 1.165) is 25.7 Å². The van der Waals surface area contributed by atoms with E-state index >= 15 is 0 Å². The Morgan fingerprint density at radius 3 is 2.26 bits per heavy atom. The number of carbonyl (C=O) groups is 1. The quantitative estimate of drug-likeness (QED) is 0.704. The fourth-order valence-electron chi connectivity index (χ4n) is 1.86. The van der Waals surface area contributed by atoms with Crippen molar-refractivity contribution in [1.82, 2.24) is 0 Å². The Hall–Kier alpha value is -0.440. The number of halogens is 3. The summed E-state index contributed by atoms with van der Waals surface area (Å²) in [5, 5.41) is 3.97. The van der Waals surface area contributed by atoms with Crippen molar-refractivity contribution < 1.29 is 4.79 Å². The summed E-state index contributed by atoms with van der Waals surface area (Å²) in [5.74, 6) is -0.0511. The lowest BCUT2D eigenvalue weighted by Gasteiger charge is -2.16. The standard InChI is InChI=1S/C14H18Cl3NO/c1-3-5-6-9(4-2)14(19)18-13-11(16)7-10(15)8-12(13)17/h7-9H,3-6H2,1-2H3,(H,18,19)/t9-/m0/s1. The molecule has 0 radical (unpaired) electrons. The minimum atomic E-state index is -0.0397. The minimum absolute atomic E-state index is 0.0113. The first kappa shape index (κ1) is 16.6. The van der Waals surface area contributed by atoms with Crippen molar-refractivity contribution in [3.8, 4) is 0 Å². The van der Waals surface area contributed by atoms with Gasteiger partial charge in [-0.2, -0.15) is 0 Å². The predicted octanol–water partition coefficient (Wildman–Crippen LogP) is 5.80. The van der Waals surface area contributed by atoms with E-state index in [9.17, 15) is 4.79 Å². The fraction of sp³-hybridized carbons (Fsp3) is 0.500. The molecule has 1 atom stereocenters. The number of benzene rings is 1. The molecule has 0 bridgehead atoms. The van der Waals surface area contributed by atoms with Crippen LogP contribution in [0, 0.1) is 5.92 Å². The summed E-state index contributed by atoms with van der Waals surface area (Å²) in [5.41, 5.74) is 0.438. The number of unbranched alkanes of at least 4 members (excludes halogenated alkanes) is 1. The molecule has 0 saturated heterocycles. The number of nitrogens with one attached hydrogen (secondary N) is 1. The summed E-state index contributed by atoms with van der Waals surface area (Å²) in [7, 11) is 0. The molecule has 106 valence electrons. The molecule has 0 aliphatic rings. The molecule has 2 nitrogen and oxygen atoms in total. The Balaban J connectivity index is 2.81. The van der Waals surface area contributed by atoms with Gasteiger partial charge < -0.3 is 5.32 Å². The average Bonchev–Trinajstić information content (AvgIpc) is 2.34. The van der Waals surface area contributed by atoms with Crippen LogP contribution in [0.1, 0.15) is 39.5 Å². The highest BCUT2D eigenvalue weighted by Gasteiger charge is 2.18. The lowest BCUT2D eigenvalue weighted by atomic mass is 9.98. The largest absolute Gasteiger partial charge is 0.323 e. The average molecular weight is 323 g/mol. The van der Waals surface area contributed by atoms with Crippen molar-refractivity contribution in [2.24, 2.45) is 5.92 Å². The smallest absolute Gasteiger partial charge is 0.227 e. The van der Waals surface area contributed by atoms with Gasteiger partial charge in [0.2, 0.25) is 5.91 Å². The van der Waals surface area contributed by atoms with Crippen LogP contribution in [0.25, 0.3) is 0 Å². The van der Waals surface area contributed by atoms with Gasteiger partial charge >= 0.3 is 0 Å². The summed E-state index contributed by atoms with van der Waals surface area (Å²) < 4.78 is 0. The van der Waals surface area contributed by atoms with Crippen LogP contribution in [-0.2, 0) is 4.79 Å². The van der Waals surface area contributed by atoms with E-state index in [1.54, 1.807) is 12.1 Å². The zero-order valence-corrected chi connectivity index (χ0v) is 13.4. The summed E-state index contributed by atoms with van der Waals surface area (Å²) in [6, 6.07) is 3.13. The third-order valence-electron chi connectivity index (χ3n) is 3.02. The van der Waals surface area contributed by atoms with Gasteiger partial charge in [-0.25, -0.2) is 0 Å². The number of hydrogen-bond acceptors (Lipinski definition) is 1. The van der Waals surface area contributed by atoms with Crippen LogP contribution < -0.4 is 5.32 Å². The normalized spacial score (nSPS) is 12.3. The summed E-state index contributed by atoms with van der Waals surface area (Å²) in [4.78, 5) is 12.2. The van der Waals surface area contributed by atoms with E-state index in [4.69, 9.17) is 34.8 Å². The van der Waals surface area contributed by atoms with Gasteiger partial charge in [0, 0.05) is 10.9 Å². The highest BCUT2D eigenvalue weighted by atomic mass is 35.5. The molecule has 0 unspecified atom stereocenters. The number of amides is 1. The molecule has 5 heteroatoms. The number of carbonyl (C=O) groups excluding carboxylic acids is 1. The maximum atomic E-state index is 12.2. The van der Waals surface area contributed by atoms with Crippen LogP contribution in [0.3, 0.4) is 0 Å². The van der Waals surface area contributed by atoms with Crippen LogP contribution in [0.15, 0.2) is 12.1 Å². The highest BCUT2D eigenvalue weighted by molar-refractivity contribution is 6.42. The Morgan fingerprint density at radius 2 is 1.79 bits per heavy atom. The molecule has 1 aromatic carbocycles. The predicted molar refractivity (Wildman–Crippen MR) is 83.4 cm³/mol. The summed E-state index contributed by atoms with van der Waals surface area (Å²) in [6.07, 6.45) is 3.79. The van der Waals surface area contributed by atoms with E-state index in [1.165, 1.54) is 0 Å². The van der Waals surface area contributed by atoms with E-state index in [1.807, 2.05) is 6.92 Å². The van der Waals surface area contributed by atoms with E-state index in [-0.39, 0.29) is 11.8 Å². The molecule has 0 fully saturated rings. The van der Waals surface area contributed by atoms with Crippen molar-refractivity contribution in [1.29, 1.82) is 0 Å². The minimum Gasteiger partial charge on any atom is -0.323 e. The van der Waals surface area contributed by atoms with Crippen molar-refractivity contribution in [3.05, 3.63) is 27.2 Å². The van der Waals surface area contributed by atoms with Crippen molar-refractivity contribution in [3.63, 3.8) is 0 Å². The van der Waals surface area contributed by atoms with Gasteiger partial charge in [-0.1, -0.05) is 61.5 Å². The molecule has 1 aromatic rings. The maximum absolute atomic E-state index is 12.2. The van der Waals surface area contributed by atoms with Crippen molar-refractivity contribution in [2.75, 3.05) is 5.32 Å². The second-order valence-corrected chi connectivity index (χ2v) is 5.73. The number of anilines is 1. The topological polar surface area (TPSA) is 29.1 Å². The first-order chi connectivity index (χ1) is 8.99. The monoisotopic (exact) mass is 321 g/mol. The number of rotatable bonds is 6. The second kappa shape index (κ2) is 7.98. The fourth-order valence-corrected chi connectivity index (χ4v) is 2.77. The van der Waals surface area contributed by atoms with Gasteiger partial charge in [0.1, 0.15) is 0 Å². The zero-order valence-electron chi connectivity index (χ0n) is 11.1.